The Bertz CT molecular complexity index is 355. The van der Waals surface area contributed by atoms with Crippen LogP contribution in [-0.4, -0.2) is 33.6 Å². The van der Waals surface area contributed by atoms with E-state index in [4.69, 9.17) is 10.2 Å². The van der Waals surface area contributed by atoms with E-state index in [2.05, 4.69) is 5.32 Å². The molecule has 0 aromatic heterocycles. The Balaban J connectivity index is 2.70. The van der Waals surface area contributed by atoms with E-state index >= 15 is 0 Å². The summed E-state index contributed by atoms with van der Waals surface area (Å²) in [7, 11) is 0. The van der Waals surface area contributed by atoms with Crippen LogP contribution in [0.4, 0.5) is 0 Å². The molecule has 0 aromatic rings. The molecule has 1 rings (SSSR count). The second-order valence-electron chi connectivity index (χ2n) is 4.11. The van der Waals surface area contributed by atoms with Gasteiger partial charge in [0.2, 0.25) is 5.91 Å². The number of aliphatic carboxylic acids is 2. The highest BCUT2D eigenvalue weighted by Gasteiger charge is 2.40. The normalized spacial score (nSPS) is 18.8. The Labute approximate surface area is 98.3 Å². The van der Waals surface area contributed by atoms with Crippen LogP contribution in [0.25, 0.3) is 0 Å². The van der Waals surface area contributed by atoms with Crippen molar-refractivity contribution in [1.29, 1.82) is 0 Å². The van der Waals surface area contributed by atoms with Gasteiger partial charge in [-0.2, -0.15) is 0 Å². The third-order valence-electron chi connectivity index (χ3n) is 2.86. The quantitative estimate of drug-likeness (QED) is 0.623. The lowest BCUT2D eigenvalue weighted by atomic mass is 9.81. The molecule has 0 unspecified atom stereocenters. The average Bonchev–Trinajstić information content (AvgIpc) is 2.27. The highest BCUT2D eigenvalue weighted by atomic mass is 16.4. The molecular weight excluding hydrogens is 226 g/mol. The molecule has 0 radical (unpaired) electrons. The van der Waals surface area contributed by atoms with Gasteiger partial charge in [0.15, 0.2) is 0 Å². The van der Waals surface area contributed by atoms with Gasteiger partial charge >= 0.3 is 11.9 Å². The number of amides is 1. The third kappa shape index (κ3) is 3.58. The van der Waals surface area contributed by atoms with Crippen LogP contribution in [0.3, 0.4) is 0 Å². The lowest BCUT2D eigenvalue weighted by Gasteiger charge is -2.33. The summed E-state index contributed by atoms with van der Waals surface area (Å²) in [5.41, 5.74) is -1.24. The van der Waals surface area contributed by atoms with Crippen LogP contribution >= 0.6 is 0 Å². The first-order chi connectivity index (χ1) is 7.96. The Morgan fingerprint density at radius 3 is 2.06 bits per heavy atom. The van der Waals surface area contributed by atoms with Crippen LogP contribution in [-0.2, 0) is 14.4 Å². The molecule has 0 saturated heterocycles. The Kier molecular flexibility index (Phi) is 4.25. The molecule has 0 heterocycles. The summed E-state index contributed by atoms with van der Waals surface area (Å²) in [5, 5.41) is 19.9. The summed E-state index contributed by atoms with van der Waals surface area (Å²) in [5.74, 6) is -2.99. The standard InChI is InChI=1S/C11H15NO5/c13-8(4-5-9(14)15)12-11(10(16)17)6-2-1-3-7-11/h4-5H,1-3,6-7H2,(H,12,13)(H,14,15)(H,16,17)/b5-4-. The molecule has 0 aromatic carbocycles. The van der Waals surface area contributed by atoms with Gasteiger partial charge in [-0.1, -0.05) is 19.3 Å². The maximum Gasteiger partial charge on any atom is 0.329 e. The summed E-state index contributed by atoms with van der Waals surface area (Å²) < 4.78 is 0. The number of rotatable bonds is 4. The molecule has 17 heavy (non-hydrogen) atoms. The molecule has 1 aliphatic carbocycles. The van der Waals surface area contributed by atoms with E-state index in [0.29, 0.717) is 18.9 Å². The number of carboxylic acid groups (broad SMARTS) is 2. The van der Waals surface area contributed by atoms with Crippen LogP contribution in [0, 0.1) is 0 Å². The second kappa shape index (κ2) is 5.47. The zero-order valence-electron chi connectivity index (χ0n) is 9.31. The molecule has 0 spiro atoms. The zero-order valence-corrected chi connectivity index (χ0v) is 9.31. The van der Waals surface area contributed by atoms with E-state index in [0.717, 1.165) is 25.3 Å². The molecule has 6 nitrogen and oxygen atoms in total. The smallest absolute Gasteiger partial charge is 0.329 e. The van der Waals surface area contributed by atoms with Crippen LogP contribution in [0.15, 0.2) is 12.2 Å². The van der Waals surface area contributed by atoms with Gasteiger partial charge in [-0.3, -0.25) is 4.79 Å². The molecule has 1 amide bonds. The fourth-order valence-corrected chi connectivity index (χ4v) is 1.97. The number of hydrogen-bond donors (Lipinski definition) is 3. The lowest BCUT2D eigenvalue weighted by Crippen LogP contribution is -2.55. The van der Waals surface area contributed by atoms with Crippen molar-refractivity contribution in [3.63, 3.8) is 0 Å². The number of carboxylic acids is 2. The molecule has 3 N–H and O–H groups in total. The molecule has 94 valence electrons. The van der Waals surface area contributed by atoms with Crippen molar-refractivity contribution in [1.82, 2.24) is 5.32 Å². The summed E-state index contributed by atoms with van der Waals surface area (Å²) in [4.78, 5) is 32.8. The van der Waals surface area contributed by atoms with Crippen molar-refractivity contribution in [3.8, 4) is 0 Å². The molecule has 1 saturated carbocycles. The summed E-state index contributed by atoms with van der Waals surface area (Å²) in [6, 6.07) is 0. The van der Waals surface area contributed by atoms with Crippen molar-refractivity contribution in [3.05, 3.63) is 12.2 Å². The maximum atomic E-state index is 11.4. The topological polar surface area (TPSA) is 104 Å². The van der Waals surface area contributed by atoms with Gasteiger partial charge in [0.25, 0.3) is 0 Å². The predicted octanol–water partition coefficient (Wildman–Crippen LogP) is 0.531. The lowest BCUT2D eigenvalue weighted by molar-refractivity contribution is -0.148. The fraction of sp³-hybridized carbons (Fsp3) is 0.545. The van der Waals surface area contributed by atoms with Gasteiger partial charge in [0.1, 0.15) is 5.54 Å². The highest BCUT2D eigenvalue weighted by molar-refractivity contribution is 5.96. The largest absolute Gasteiger partial charge is 0.480 e. The average molecular weight is 241 g/mol. The van der Waals surface area contributed by atoms with Crippen LogP contribution in [0.2, 0.25) is 0 Å². The maximum absolute atomic E-state index is 11.4. The van der Waals surface area contributed by atoms with Gasteiger partial charge in [-0.05, 0) is 12.8 Å². The first kappa shape index (κ1) is 13.2. The van der Waals surface area contributed by atoms with Gasteiger partial charge in [-0.25, -0.2) is 9.59 Å². The van der Waals surface area contributed by atoms with Gasteiger partial charge in [-0.15, -0.1) is 0 Å². The van der Waals surface area contributed by atoms with Crippen molar-refractivity contribution >= 4 is 17.8 Å². The number of carbonyl (C=O) groups is 3. The van der Waals surface area contributed by atoms with E-state index in [-0.39, 0.29) is 0 Å². The number of hydrogen-bond acceptors (Lipinski definition) is 3. The van der Waals surface area contributed by atoms with Crippen molar-refractivity contribution in [2.24, 2.45) is 0 Å². The van der Waals surface area contributed by atoms with E-state index in [9.17, 15) is 14.4 Å². The monoisotopic (exact) mass is 241 g/mol. The van der Waals surface area contributed by atoms with E-state index in [1.807, 2.05) is 0 Å². The Hall–Kier alpha value is -1.85. The number of nitrogens with one attached hydrogen (secondary N) is 1. The first-order valence-electron chi connectivity index (χ1n) is 5.43. The van der Waals surface area contributed by atoms with Crippen molar-refractivity contribution < 1.29 is 24.6 Å². The van der Waals surface area contributed by atoms with E-state index in [1.165, 1.54) is 0 Å². The molecule has 0 aliphatic heterocycles. The summed E-state index contributed by atoms with van der Waals surface area (Å²) >= 11 is 0. The molecule has 0 atom stereocenters. The molecule has 0 bridgehead atoms. The van der Waals surface area contributed by atoms with Gasteiger partial charge in [0, 0.05) is 12.2 Å². The Morgan fingerprint density at radius 1 is 1.00 bits per heavy atom. The fourth-order valence-electron chi connectivity index (χ4n) is 1.97. The molecular formula is C11H15NO5. The van der Waals surface area contributed by atoms with Crippen LogP contribution in [0.5, 0.6) is 0 Å². The number of carbonyl (C=O) groups excluding carboxylic acids is 1. The Morgan fingerprint density at radius 2 is 1.59 bits per heavy atom. The van der Waals surface area contributed by atoms with Crippen molar-refractivity contribution in [2.45, 2.75) is 37.6 Å². The predicted molar refractivity (Wildman–Crippen MR) is 58.4 cm³/mol. The van der Waals surface area contributed by atoms with Crippen LogP contribution < -0.4 is 5.32 Å². The minimum Gasteiger partial charge on any atom is -0.480 e. The van der Waals surface area contributed by atoms with Gasteiger partial charge in [0.05, 0.1) is 0 Å². The summed E-state index contributed by atoms with van der Waals surface area (Å²) in [6.07, 6.45) is 4.74. The SMILES string of the molecule is O=C(O)/C=C\C(=O)NC1(C(=O)O)CCCCC1. The summed E-state index contributed by atoms with van der Waals surface area (Å²) in [6.45, 7) is 0. The second-order valence-corrected chi connectivity index (χ2v) is 4.11. The molecule has 1 aliphatic rings. The zero-order chi connectivity index (χ0) is 12.9. The minimum atomic E-state index is -1.24. The third-order valence-corrected chi connectivity index (χ3v) is 2.86. The van der Waals surface area contributed by atoms with E-state index in [1.54, 1.807) is 0 Å². The van der Waals surface area contributed by atoms with Crippen molar-refractivity contribution in [2.75, 3.05) is 0 Å². The highest BCUT2D eigenvalue weighted by Crippen LogP contribution is 2.28. The minimum absolute atomic E-state index is 0.384. The molecule has 6 heteroatoms. The van der Waals surface area contributed by atoms with Gasteiger partial charge < -0.3 is 15.5 Å². The first-order valence-corrected chi connectivity index (χ1v) is 5.43. The van der Waals surface area contributed by atoms with E-state index < -0.39 is 23.4 Å². The molecule has 1 fully saturated rings. The van der Waals surface area contributed by atoms with Crippen LogP contribution in [0.1, 0.15) is 32.1 Å².